The van der Waals surface area contributed by atoms with Crippen molar-refractivity contribution in [3.8, 4) is 0 Å². The van der Waals surface area contributed by atoms with E-state index in [1.165, 1.54) is 24.0 Å². The number of likely N-dealkylation sites (N-methyl/N-ethyl adjacent to an activating group) is 1. The number of rotatable bonds is 6. The fourth-order valence-electron chi connectivity index (χ4n) is 2.51. The van der Waals surface area contributed by atoms with E-state index in [1.54, 1.807) is 50.3 Å². The van der Waals surface area contributed by atoms with Crippen LogP contribution in [0.15, 0.2) is 48.5 Å². The molecule has 27 heavy (non-hydrogen) atoms. The van der Waals surface area contributed by atoms with Crippen LogP contribution in [-0.2, 0) is 9.53 Å². The topological polar surface area (TPSA) is 93.0 Å². The number of amides is 1. The molecule has 0 bridgehead atoms. The number of nitro groups is 1. The second-order valence-corrected chi connectivity index (χ2v) is 6.14. The van der Waals surface area contributed by atoms with Gasteiger partial charge in [0, 0.05) is 32.9 Å². The SMILES string of the molecule is C[C@H](OC(=O)c1ccc(N(C)C)c([N+](=O)[O-])c1)C(=O)N(C)c1ccccc1. The summed E-state index contributed by atoms with van der Waals surface area (Å²) in [5, 5.41) is 11.2. The monoisotopic (exact) mass is 371 g/mol. The standard InChI is InChI=1S/C19H21N3O5/c1-13(18(23)21(4)15-8-6-5-7-9-15)27-19(24)14-10-11-16(20(2)3)17(12-14)22(25)26/h5-13H,1-4H3/t13-/m0/s1. The predicted molar refractivity (Wildman–Crippen MR) is 102 cm³/mol. The van der Waals surface area contributed by atoms with Gasteiger partial charge in [-0.05, 0) is 31.2 Å². The van der Waals surface area contributed by atoms with Crippen LogP contribution in [0.1, 0.15) is 17.3 Å². The molecule has 2 aromatic carbocycles. The van der Waals surface area contributed by atoms with Gasteiger partial charge >= 0.3 is 5.97 Å². The van der Waals surface area contributed by atoms with Gasteiger partial charge < -0.3 is 14.5 Å². The Hall–Kier alpha value is -3.42. The number of nitrogens with zero attached hydrogens (tertiary/aromatic N) is 3. The molecule has 1 atom stereocenters. The molecule has 0 spiro atoms. The molecule has 0 saturated heterocycles. The van der Waals surface area contributed by atoms with Crippen LogP contribution in [0.4, 0.5) is 17.1 Å². The average molecular weight is 371 g/mol. The number of hydrogen-bond acceptors (Lipinski definition) is 6. The summed E-state index contributed by atoms with van der Waals surface area (Å²) in [7, 11) is 4.92. The van der Waals surface area contributed by atoms with Crippen LogP contribution >= 0.6 is 0 Å². The highest BCUT2D eigenvalue weighted by Gasteiger charge is 2.25. The first-order valence-corrected chi connectivity index (χ1v) is 8.21. The molecule has 0 aliphatic carbocycles. The first-order valence-electron chi connectivity index (χ1n) is 8.21. The van der Waals surface area contributed by atoms with Crippen LogP contribution in [-0.4, -0.2) is 44.0 Å². The molecular weight excluding hydrogens is 350 g/mol. The van der Waals surface area contributed by atoms with E-state index in [4.69, 9.17) is 4.74 Å². The summed E-state index contributed by atoms with van der Waals surface area (Å²) >= 11 is 0. The molecule has 0 aliphatic rings. The molecule has 2 aromatic rings. The van der Waals surface area contributed by atoms with Gasteiger partial charge in [-0.25, -0.2) is 4.79 Å². The van der Waals surface area contributed by atoms with E-state index < -0.39 is 22.9 Å². The van der Waals surface area contributed by atoms with Crippen molar-refractivity contribution in [2.24, 2.45) is 0 Å². The van der Waals surface area contributed by atoms with E-state index >= 15 is 0 Å². The first-order chi connectivity index (χ1) is 12.7. The number of anilines is 2. The first kappa shape index (κ1) is 19.9. The van der Waals surface area contributed by atoms with Crippen molar-refractivity contribution in [3.63, 3.8) is 0 Å². The van der Waals surface area contributed by atoms with Gasteiger partial charge in [-0.3, -0.25) is 14.9 Å². The number of para-hydroxylation sites is 1. The molecule has 8 nitrogen and oxygen atoms in total. The summed E-state index contributed by atoms with van der Waals surface area (Å²) in [4.78, 5) is 38.4. The minimum absolute atomic E-state index is 0.00862. The molecule has 2 rings (SSSR count). The van der Waals surface area contributed by atoms with Crippen molar-refractivity contribution in [1.29, 1.82) is 0 Å². The zero-order valence-corrected chi connectivity index (χ0v) is 15.6. The van der Waals surface area contributed by atoms with E-state index in [-0.39, 0.29) is 11.3 Å². The van der Waals surface area contributed by atoms with Crippen LogP contribution in [0, 0.1) is 10.1 Å². The van der Waals surface area contributed by atoms with E-state index in [2.05, 4.69) is 0 Å². The molecule has 0 unspecified atom stereocenters. The summed E-state index contributed by atoms with van der Waals surface area (Å²) in [6, 6.07) is 13.0. The third kappa shape index (κ3) is 4.60. The fourth-order valence-corrected chi connectivity index (χ4v) is 2.51. The molecule has 8 heteroatoms. The Balaban J connectivity index is 2.15. The molecule has 0 aromatic heterocycles. The maximum atomic E-state index is 12.5. The number of esters is 1. The van der Waals surface area contributed by atoms with Crippen LogP contribution < -0.4 is 9.80 Å². The number of carbonyl (C=O) groups is 2. The molecule has 0 heterocycles. The Morgan fingerprint density at radius 2 is 1.70 bits per heavy atom. The van der Waals surface area contributed by atoms with Crippen LogP contribution in [0.2, 0.25) is 0 Å². The number of carbonyl (C=O) groups excluding carboxylic acids is 2. The highest BCUT2D eigenvalue weighted by molar-refractivity contribution is 5.99. The lowest BCUT2D eigenvalue weighted by Crippen LogP contribution is -2.37. The molecule has 0 N–H and O–H groups in total. The van der Waals surface area contributed by atoms with E-state index in [9.17, 15) is 19.7 Å². The molecule has 1 amide bonds. The molecular formula is C19H21N3O5. The predicted octanol–water partition coefficient (Wildman–Crippen LogP) is 2.87. The zero-order valence-electron chi connectivity index (χ0n) is 15.6. The maximum absolute atomic E-state index is 12.5. The van der Waals surface area contributed by atoms with Crippen LogP contribution in [0.3, 0.4) is 0 Å². The summed E-state index contributed by atoms with van der Waals surface area (Å²) in [5.41, 5.74) is 0.824. The number of nitro benzene ring substituents is 1. The van der Waals surface area contributed by atoms with Crippen molar-refractivity contribution < 1.29 is 19.2 Å². The summed E-state index contributed by atoms with van der Waals surface area (Å²) in [6.45, 7) is 1.46. The minimum atomic E-state index is -1.05. The van der Waals surface area contributed by atoms with Crippen molar-refractivity contribution >= 4 is 28.9 Å². The van der Waals surface area contributed by atoms with Gasteiger partial charge in [-0.1, -0.05) is 18.2 Å². The van der Waals surface area contributed by atoms with Crippen molar-refractivity contribution in [1.82, 2.24) is 0 Å². The summed E-state index contributed by atoms with van der Waals surface area (Å²) in [6.07, 6.45) is -1.05. The third-order valence-electron chi connectivity index (χ3n) is 4.00. The normalized spacial score (nSPS) is 11.4. The molecule has 0 saturated carbocycles. The lowest BCUT2D eigenvalue weighted by molar-refractivity contribution is -0.384. The van der Waals surface area contributed by atoms with Gasteiger partial charge in [-0.15, -0.1) is 0 Å². The number of benzene rings is 2. The zero-order chi connectivity index (χ0) is 20.1. The van der Waals surface area contributed by atoms with Gasteiger partial charge in [0.15, 0.2) is 6.10 Å². The number of ether oxygens (including phenoxy) is 1. The van der Waals surface area contributed by atoms with Gasteiger partial charge in [-0.2, -0.15) is 0 Å². The Morgan fingerprint density at radius 3 is 2.26 bits per heavy atom. The van der Waals surface area contributed by atoms with Crippen molar-refractivity contribution in [2.75, 3.05) is 30.9 Å². The van der Waals surface area contributed by atoms with E-state index in [0.717, 1.165) is 6.07 Å². The Labute approximate surface area is 157 Å². The van der Waals surface area contributed by atoms with Gasteiger partial charge in [0.25, 0.3) is 11.6 Å². The quantitative estimate of drug-likeness (QED) is 0.440. The lowest BCUT2D eigenvalue weighted by atomic mass is 10.1. The van der Waals surface area contributed by atoms with Crippen molar-refractivity contribution in [3.05, 3.63) is 64.2 Å². The Bertz CT molecular complexity index is 852. The van der Waals surface area contributed by atoms with Gasteiger partial charge in [0.1, 0.15) is 5.69 Å². The maximum Gasteiger partial charge on any atom is 0.339 e. The summed E-state index contributed by atoms with van der Waals surface area (Å²) < 4.78 is 5.21. The second-order valence-electron chi connectivity index (χ2n) is 6.14. The Morgan fingerprint density at radius 1 is 1.07 bits per heavy atom. The highest BCUT2D eigenvalue weighted by Crippen LogP contribution is 2.28. The van der Waals surface area contributed by atoms with Gasteiger partial charge in [0.2, 0.25) is 0 Å². The minimum Gasteiger partial charge on any atom is -0.449 e. The molecule has 0 aliphatic heterocycles. The van der Waals surface area contributed by atoms with E-state index in [0.29, 0.717) is 11.4 Å². The van der Waals surface area contributed by atoms with Crippen LogP contribution in [0.25, 0.3) is 0 Å². The number of hydrogen-bond donors (Lipinski definition) is 0. The van der Waals surface area contributed by atoms with E-state index in [1.807, 2.05) is 6.07 Å². The van der Waals surface area contributed by atoms with Crippen LogP contribution in [0.5, 0.6) is 0 Å². The summed E-state index contributed by atoms with van der Waals surface area (Å²) in [5.74, 6) is -1.21. The average Bonchev–Trinajstić information content (AvgIpc) is 2.66. The third-order valence-corrected chi connectivity index (χ3v) is 4.00. The molecule has 142 valence electrons. The molecule has 0 fully saturated rings. The molecule has 0 radical (unpaired) electrons. The highest BCUT2D eigenvalue weighted by atomic mass is 16.6. The second kappa shape index (κ2) is 8.31. The smallest absolute Gasteiger partial charge is 0.339 e. The van der Waals surface area contributed by atoms with Gasteiger partial charge in [0.05, 0.1) is 10.5 Å². The van der Waals surface area contributed by atoms with Crippen molar-refractivity contribution in [2.45, 2.75) is 13.0 Å². The fraction of sp³-hybridized carbons (Fsp3) is 0.263. The lowest BCUT2D eigenvalue weighted by Gasteiger charge is -2.21. The largest absolute Gasteiger partial charge is 0.449 e. The Kier molecular flexibility index (Phi) is 6.12.